The average Bonchev–Trinajstić information content (AvgIpc) is 2.15. The van der Waals surface area contributed by atoms with Crippen LogP contribution < -0.4 is 5.32 Å². The van der Waals surface area contributed by atoms with Gasteiger partial charge in [-0.2, -0.15) is 0 Å². The van der Waals surface area contributed by atoms with E-state index in [2.05, 4.69) is 48.7 Å². The van der Waals surface area contributed by atoms with Crippen LogP contribution in [0.25, 0.3) is 6.08 Å². The Kier molecular flexibility index (Phi) is 3.39. The number of hydrogen-bond donors (Lipinski definition) is 1. The Morgan fingerprint density at radius 3 is 2.42 bits per heavy atom. The van der Waals surface area contributed by atoms with E-state index in [0.717, 1.165) is 12.1 Å². The van der Waals surface area contributed by atoms with Gasteiger partial charge in [-0.05, 0) is 24.1 Å². The van der Waals surface area contributed by atoms with Crippen molar-refractivity contribution in [3.05, 3.63) is 35.9 Å². The highest BCUT2D eigenvalue weighted by Gasteiger charge is 1.86. The molecule has 0 bridgehead atoms. The minimum Gasteiger partial charge on any atom is -0.388 e. The number of hydrogen-bond acceptors (Lipinski definition) is 1. The maximum Gasteiger partial charge on any atom is 0.0337 e. The van der Waals surface area contributed by atoms with Crippen molar-refractivity contribution < 1.29 is 0 Å². The summed E-state index contributed by atoms with van der Waals surface area (Å²) in [6.45, 7) is 2.14. The molecule has 0 radical (unpaired) electrons. The molecule has 64 valence electrons. The van der Waals surface area contributed by atoms with Crippen LogP contribution in [-0.4, -0.2) is 7.05 Å². The second-order valence-corrected chi connectivity index (χ2v) is 2.68. The summed E-state index contributed by atoms with van der Waals surface area (Å²) in [6.07, 6.45) is 5.39. The first-order valence-corrected chi connectivity index (χ1v) is 4.31. The Morgan fingerprint density at radius 2 is 1.92 bits per heavy atom. The minimum atomic E-state index is 1.09. The van der Waals surface area contributed by atoms with Crippen LogP contribution in [0.5, 0.6) is 0 Å². The second-order valence-electron chi connectivity index (χ2n) is 2.68. The molecule has 1 rings (SSSR count). The van der Waals surface area contributed by atoms with E-state index in [1.807, 2.05) is 7.05 Å². The molecule has 1 N–H and O–H groups in total. The normalized spacial score (nSPS) is 10.5. The summed E-state index contributed by atoms with van der Waals surface area (Å²) >= 11 is 0. The van der Waals surface area contributed by atoms with Crippen LogP contribution in [0.15, 0.2) is 30.3 Å². The number of allylic oxidation sites excluding steroid dienone is 1. The fourth-order valence-corrected chi connectivity index (χ4v) is 1.01. The van der Waals surface area contributed by atoms with Crippen LogP contribution in [0, 0.1) is 0 Å². The zero-order valence-corrected chi connectivity index (χ0v) is 7.67. The highest BCUT2D eigenvalue weighted by atomic mass is 14.8. The minimum absolute atomic E-state index is 1.09. The highest BCUT2D eigenvalue weighted by molar-refractivity contribution is 5.54. The quantitative estimate of drug-likeness (QED) is 0.718. The first-order chi connectivity index (χ1) is 5.86. The predicted molar refractivity (Wildman–Crippen MR) is 55.3 cm³/mol. The van der Waals surface area contributed by atoms with Crippen molar-refractivity contribution in [1.82, 2.24) is 0 Å². The molecular weight excluding hydrogens is 146 g/mol. The first kappa shape index (κ1) is 8.85. The lowest BCUT2D eigenvalue weighted by Crippen LogP contribution is -1.86. The van der Waals surface area contributed by atoms with Gasteiger partial charge in [0.05, 0.1) is 0 Å². The lowest BCUT2D eigenvalue weighted by atomic mass is 10.2. The lowest BCUT2D eigenvalue weighted by molar-refractivity contribution is 1.23. The molecule has 0 atom stereocenters. The van der Waals surface area contributed by atoms with E-state index < -0.39 is 0 Å². The van der Waals surface area contributed by atoms with Gasteiger partial charge in [-0.1, -0.05) is 31.2 Å². The van der Waals surface area contributed by atoms with Crippen molar-refractivity contribution in [1.29, 1.82) is 0 Å². The van der Waals surface area contributed by atoms with Crippen molar-refractivity contribution in [3.63, 3.8) is 0 Å². The molecule has 0 aliphatic rings. The largest absolute Gasteiger partial charge is 0.388 e. The van der Waals surface area contributed by atoms with Gasteiger partial charge in [-0.25, -0.2) is 0 Å². The van der Waals surface area contributed by atoms with Crippen molar-refractivity contribution in [2.75, 3.05) is 12.4 Å². The van der Waals surface area contributed by atoms with Gasteiger partial charge in [0.1, 0.15) is 0 Å². The molecular formula is C11H15N. The standard InChI is InChI=1S/C11H15N/c1-3-4-5-10-6-8-11(12-2)9-7-10/h4-9,12H,3H2,1-2H3/b5-4+. The molecule has 1 aromatic carbocycles. The van der Waals surface area contributed by atoms with Gasteiger partial charge in [-0.15, -0.1) is 0 Å². The molecule has 1 aromatic rings. The third kappa shape index (κ3) is 2.42. The van der Waals surface area contributed by atoms with Gasteiger partial charge in [0.2, 0.25) is 0 Å². The average molecular weight is 161 g/mol. The third-order valence-electron chi connectivity index (χ3n) is 1.75. The Labute approximate surface area is 74.1 Å². The topological polar surface area (TPSA) is 12.0 Å². The van der Waals surface area contributed by atoms with Crippen molar-refractivity contribution in [2.24, 2.45) is 0 Å². The molecule has 1 nitrogen and oxygen atoms in total. The molecule has 0 aliphatic heterocycles. The molecule has 0 aliphatic carbocycles. The van der Waals surface area contributed by atoms with Gasteiger partial charge < -0.3 is 5.32 Å². The molecule has 0 saturated heterocycles. The van der Waals surface area contributed by atoms with E-state index in [1.54, 1.807) is 0 Å². The summed E-state index contributed by atoms with van der Waals surface area (Å²) in [4.78, 5) is 0. The van der Waals surface area contributed by atoms with Gasteiger partial charge >= 0.3 is 0 Å². The lowest BCUT2D eigenvalue weighted by Gasteiger charge is -1.98. The molecule has 0 spiro atoms. The Bertz CT molecular complexity index is 246. The second kappa shape index (κ2) is 4.60. The Hall–Kier alpha value is -1.24. The summed E-state index contributed by atoms with van der Waals surface area (Å²) in [5, 5.41) is 3.09. The van der Waals surface area contributed by atoms with E-state index in [0.29, 0.717) is 0 Å². The predicted octanol–water partition coefficient (Wildman–Crippen LogP) is 3.15. The van der Waals surface area contributed by atoms with Gasteiger partial charge in [0, 0.05) is 12.7 Å². The van der Waals surface area contributed by atoms with Crippen molar-refractivity contribution in [3.8, 4) is 0 Å². The van der Waals surface area contributed by atoms with Gasteiger partial charge in [-0.3, -0.25) is 0 Å². The molecule has 0 saturated carbocycles. The summed E-state index contributed by atoms with van der Waals surface area (Å²) in [5.74, 6) is 0. The van der Waals surface area contributed by atoms with E-state index in [-0.39, 0.29) is 0 Å². The summed E-state index contributed by atoms with van der Waals surface area (Å²) in [7, 11) is 1.93. The third-order valence-corrected chi connectivity index (χ3v) is 1.75. The number of rotatable bonds is 3. The van der Waals surface area contributed by atoms with E-state index >= 15 is 0 Å². The fourth-order valence-electron chi connectivity index (χ4n) is 1.01. The first-order valence-electron chi connectivity index (χ1n) is 4.31. The van der Waals surface area contributed by atoms with Crippen molar-refractivity contribution in [2.45, 2.75) is 13.3 Å². The number of benzene rings is 1. The Morgan fingerprint density at radius 1 is 1.25 bits per heavy atom. The zero-order valence-electron chi connectivity index (χ0n) is 7.67. The van der Waals surface area contributed by atoms with Crippen LogP contribution >= 0.6 is 0 Å². The summed E-state index contributed by atoms with van der Waals surface area (Å²) < 4.78 is 0. The highest BCUT2D eigenvalue weighted by Crippen LogP contribution is 2.09. The van der Waals surface area contributed by atoms with Crippen LogP contribution in [0.4, 0.5) is 5.69 Å². The zero-order chi connectivity index (χ0) is 8.81. The van der Waals surface area contributed by atoms with Gasteiger partial charge in [0.15, 0.2) is 0 Å². The molecule has 0 amide bonds. The monoisotopic (exact) mass is 161 g/mol. The Balaban J connectivity index is 2.71. The van der Waals surface area contributed by atoms with Crippen LogP contribution in [0.1, 0.15) is 18.9 Å². The smallest absolute Gasteiger partial charge is 0.0337 e. The maximum atomic E-state index is 3.09. The molecule has 0 aromatic heterocycles. The SMILES string of the molecule is CC/C=C/c1ccc(NC)cc1. The van der Waals surface area contributed by atoms with Crippen molar-refractivity contribution >= 4 is 11.8 Å². The molecule has 12 heavy (non-hydrogen) atoms. The van der Waals surface area contributed by atoms with E-state index in [9.17, 15) is 0 Å². The van der Waals surface area contributed by atoms with Crippen LogP contribution in [0.3, 0.4) is 0 Å². The summed E-state index contributed by atoms with van der Waals surface area (Å²) in [5.41, 5.74) is 2.42. The maximum absolute atomic E-state index is 3.09. The van der Waals surface area contributed by atoms with E-state index in [4.69, 9.17) is 0 Å². The van der Waals surface area contributed by atoms with Gasteiger partial charge in [0.25, 0.3) is 0 Å². The molecule has 1 heteroatoms. The van der Waals surface area contributed by atoms with E-state index in [1.165, 1.54) is 5.56 Å². The van der Waals surface area contributed by atoms with Crippen LogP contribution in [0.2, 0.25) is 0 Å². The summed E-state index contributed by atoms with van der Waals surface area (Å²) in [6, 6.07) is 8.38. The molecule has 0 heterocycles. The molecule has 0 unspecified atom stereocenters. The fraction of sp³-hybridized carbons (Fsp3) is 0.273. The molecule has 0 fully saturated rings. The number of anilines is 1. The number of nitrogens with one attached hydrogen (secondary N) is 1. The van der Waals surface area contributed by atoms with Crippen LogP contribution in [-0.2, 0) is 0 Å².